The standard InChI is InChI=1S/C25H31N5O4/c1-5-16(2)27-23(31)24(32)30-10-8-29(9-11-30)22-18(14-26)17-13-25(3,4)34-15-19(17)21(28-22)20-7-6-12-33-20/h6-7,12,16H,5,8-11,13,15H2,1-4H3,(H,27,31)/t16-/m0/s1. The van der Waals surface area contributed by atoms with Gasteiger partial charge in [0.1, 0.15) is 17.6 Å². The first kappa shape index (κ1) is 23.8. The molecule has 2 aromatic heterocycles. The number of aromatic nitrogens is 1. The minimum Gasteiger partial charge on any atom is -0.463 e. The van der Waals surface area contributed by atoms with Gasteiger partial charge in [-0.2, -0.15) is 5.26 Å². The van der Waals surface area contributed by atoms with Crippen molar-refractivity contribution in [3.05, 3.63) is 35.1 Å². The summed E-state index contributed by atoms with van der Waals surface area (Å²) in [5, 5.41) is 12.8. The number of furan rings is 1. The zero-order valence-corrected chi connectivity index (χ0v) is 20.2. The summed E-state index contributed by atoms with van der Waals surface area (Å²) in [6.07, 6.45) is 2.94. The number of nitrogens with one attached hydrogen (secondary N) is 1. The maximum atomic E-state index is 12.6. The maximum absolute atomic E-state index is 12.6. The molecule has 4 rings (SSSR count). The third-order valence-electron chi connectivity index (χ3n) is 6.52. The summed E-state index contributed by atoms with van der Waals surface area (Å²) >= 11 is 0. The number of ether oxygens (including phenoxy) is 1. The molecule has 9 nitrogen and oxygen atoms in total. The fourth-order valence-electron chi connectivity index (χ4n) is 4.37. The van der Waals surface area contributed by atoms with Crippen molar-refractivity contribution in [1.29, 1.82) is 5.26 Å². The van der Waals surface area contributed by atoms with Crippen LogP contribution in [-0.2, 0) is 27.4 Å². The van der Waals surface area contributed by atoms with Gasteiger partial charge in [0, 0.05) is 44.2 Å². The second-order valence-corrected chi connectivity index (χ2v) is 9.49. The second-order valence-electron chi connectivity index (χ2n) is 9.49. The lowest BCUT2D eigenvalue weighted by molar-refractivity contribution is -0.146. The lowest BCUT2D eigenvalue weighted by Gasteiger charge is -2.38. The molecule has 180 valence electrons. The van der Waals surface area contributed by atoms with Gasteiger partial charge in [0.05, 0.1) is 24.0 Å². The Kier molecular flexibility index (Phi) is 6.62. The molecule has 4 heterocycles. The molecule has 2 aliphatic heterocycles. The molecule has 0 unspecified atom stereocenters. The highest BCUT2D eigenvalue weighted by atomic mass is 16.5. The number of anilines is 1. The van der Waals surface area contributed by atoms with Crippen molar-refractivity contribution >= 4 is 17.6 Å². The summed E-state index contributed by atoms with van der Waals surface area (Å²) in [4.78, 5) is 33.3. The molecule has 0 aliphatic carbocycles. The molecule has 0 radical (unpaired) electrons. The summed E-state index contributed by atoms with van der Waals surface area (Å²) in [6.45, 7) is 9.90. The fourth-order valence-corrected chi connectivity index (χ4v) is 4.37. The molecular formula is C25H31N5O4. The van der Waals surface area contributed by atoms with Crippen LogP contribution in [0.5, 0.6) is 0 Å². The van der Waals surface area contributed by atoms with E-state index in [9.17, 15) is 14.9 Å². The van der Waals surface area contributed by atoms with Crippen molar-refractivity contribution in [1.82, 2.24) is 15.2 Å². The Morgan fingerprint density at radius 1 is 1.26 bits per heavy atom. The fraction of sp³-hybridized carbons (Fsp3) is 0.520. The SMILES string of the molecule is CC[C@H](C)NC(=O)C(=O)N1CCN(c2nc(-c3ccco3)c3c(c2C#N)CC(C)(C)OC3)CC1. The second kappa shape index (κ2) is 9.47. The van der Waals surface area contributed by atoms with E-state index in [0.29, 0.717) is 62.0 Å². The summed E-state index contributed by atoms with van der Waals surface area (Å²) in [5.41, 5.74) is 2.63. The first-order valence-corrected chi connectivity index (χ1v) is 11.7. The molecule has 2 amide bonds. The van der Waals surface area contributed by atoms with E-state index in [0.717, 1.165) is 17.5 Å². The van der Waals surface area contributed by atoms with Gasteiger partial charge >= 0.3 is 11.8 Å². The average Bonchev–Trinajstić information content (AvgIpc) is 3.36. The first-order valence-electron chi connectivity index (χ1n) is 11.7. The van der Waals surface area contributed by atoms with Crippen LogP contribution in [-0.4, -0.2) is 59.5 Å². The molecular weight excluding hydrogens is 434 g/mol. The molecule has 0 aromatic carbocycles. The van der Waals surface area contributed by atoms with Crippen LogP contribution in [0.3, 0.4) is 0 Å². The Morgan fingerprint density at radius 3 is 2.62 bits per heavy atom. The number of carbonyl (C=O) groups is 2. The van der Waals surface area contributed by atoms with Crippen molar-refractivity contribution < 1.29 is 18.7 Å². The molecule has 1 fully saturated rings. The minimum absolute atomic E-state index is 0.0520. The summed E-state index contributed by atoms with van der Waals surface area (Å²) in [5.74, 6) is 0.117. The van der Waals surface area contributed by atoms with Crippen molar-refractivity contribution in [2.24, 2.45) is 0 Å². The molecule has 0 saturated carbocycles. The van der Waals surface area contributed by atoms with Crippen molar-refractivity contribution in [3.8, 4) is 17.5 Å². The van der Waals surface area contributed by atoms with E-state index in [1.165, 1.54) is 0 Å². The minimum atomic E-state index is -0.574. The lowest BCUT2D eigenvalue weighted by atomic mass is 9.87. The van der Waals surface area contributed by atoms with Gasteiger partial charge in [-0.25, -0.2) is 4.98 Å². The molecule has 0 bridgehead atoms. The molecule has 2 aromatic rings. The first-order chi connectivity index (χ1) is 16.2. The van der Waals surface area contributed by atoms with Crippen LogP contribution < -0.4 is 10.2 Å². The molecule has 34 heavy (non-hydrogen) atoms. The molecule has 1 saturated heterocycles. The van der Waals surface area contributed by atoms with Gasteiger partial charge in [-0.05, 0) is 44.9 Å². The molecule has 9 heteroatoms. The van der Waals surface area contributed by atoms with Crippen LogP contribution in [0.15, 0.2) is 22.8 Å². The van der Waals surface area contributed by atoms with E-state index < -0.39 is 17.4 Å². The third kappa shape index (κ3) is 4.64. The molecule has 0 spiro atoms. The Morgan fingerprint density at radius 2 is 2.00 bits per heavy atom. The zero-order valence-electron chi connectivity index (χ0n) is 20.2. The van der Waals surface area contributed by atoms with E-state index in [4.69, 9.17) is 14.1 Å². The van der Waals surface area contributed by atoms with Crippen LogP contribution >= 0.6 is 0 Å². The van der Waals surface area contributed by atoms with Crippen molar-refractivity contribution in [2.45, 2.75) is 58.8 Å². The number of carbonyl (C=O) groups excluding carboxylic acids is 2. The number of nitriles is 1. The number of rotatable bonds is 4. The van der Waals surface area contributed by atoms with E-state index in [-0.39, 0.29) is 6.04 Å². The number of hydrogen-bond donors (Lipinski definition) is 1. The molecule has 1 atom stereocenters. The Hall–Kier alpha value is -3.38. The summed E-state index contributed by atoms with van der Waals surface area (Å²) in [7, 11) is 0. The average molecular weight is 466 g/mol. The monoisotopic (exact) mass is 465 g/mol. The van der Waals surface area contributed by atoms with Gasteiger partial charge in [0.25, 0.3) is 0 Å². The van der Waals surface area contributed by atoms with Gasteiger partial charge in [-0.3, -0.25) is 9.59 Å². The predicted molar refractivity (Wildman–Crippen MR) is 126 cm³/mol. The van der Waals surface area contributed by atoms with Gasteiger partial charge in [-0.15, -0.1) is 0 Å². The van der Waals surface area contributed by atoms with Crippen LogP contribution in [0, 0.1) is 11.3 Å². The summed E-state index contributed by atoms with van der Waals surface area (Å²) < 4.78 is 11.7. The van der Waals surface area contributed by atoms with Gasteiger partial charge in [-0.1, -0.05) is 6.92 Å². The Balaban J connectivity index is 1.62. The summed E-state index contributed by atoms with van der Waals surface area (Å²) in [6, 6.07) is 5.99. The highest BCUT2D eigenvalue weighted by Gasteiger charge is 2.35. The maximum Gasteiger partial charge on any atom is 0.312 e. The molecule has 1 N–H and O–H groups in total. The number of fused-ring (bicyclic) bond motifs is 1. The quantitative estimate of drug-likeness (QED) is 0.691. The third-order valence-corrected chi connectivity index (χ3v) is 6.52. The number of amides is 2. The largest absolute Gasteiger partial charge is 0.463 e. The number of hydrogen-bond acceptors (Lipinski definition) is 7. The highest BCUT2D eigenvalue weighted by molar-refractivity contribution is 6.35. The number of piperazine rings is 1. The van der Waals surface area contributed by atoms with Crippen molar-refractivity contribution in [2.75, 3.05) is 31.1 Å². The van der Waals surface area contributed by atoms with Gasteiger partial charge < -0.3 is 24.3 Å². The van der Waals surface area contributed by atoms with E-state index in [1.807, 2.05) is 44.7 Å². The van der Waals surface area contributed by atoms with E-state index in [2.05, 4.69) is 11.4 Å². The lowest BCUT2D eigenvalue weighted by Crippen LogP contribution is -2.53. The smallest absolute Gasteiger partial charge is 0.312 e. The van der Waals surface area contributed by atoms with Crippen LogP contribution in [0.1, 0.15) is 50.8 Å². The van der Waals surface area contributed by atoms with E-state index in [1.54, 1.807) is 11.2 Å². The van der Waals surface area contributed by atoms with Gasteiger partial charge in [0.2, 0.25) is 0 Å². The number of pyridine rings is 1. The number of nitrogens with zero attached hydrogens (tertiary/aromatic N) is 4. The predicted octanol–water partition coefficient (Wildman–Crippen LogP) is 2.63. The Bertz CT molecular complexity index is 1110. The van der Waals surface area contributed by atoms with Gasteiger partial charge in [0.15, 0.2) is 5.76 Å². The zero-order chi connectivity index (χ0) is 24.5. The van der Waals surface area contributed by atoms with Crippen LogP contribution in [0.4, 0.5) is 5.82 Å². The van der Waals surface area contributed by atoms with E-state index >= 15 is 0 Å². The highest BCUT2D eigenvalue weighted by Crippen LogP contribution is 2.39. The van der Waals surface area contributed by atoms with Crippen molar-refractivity contribution in [3.63, 3.8) is 0 Å². The molecule has 2 aliphatic rings. The van der Waals surface area contributed by atoms with Crippen LogP contribution in [0.2, 0.25) is 0 Å². The topological polar surface area (TPSA) is 112 Å². The van der Waals surface area contributed by atoms with Crippen LogP contribution in [0.25, 0.3) is 11.5 Å². The Labute approximate surface area is 199 Å². The normalized spacial score (nSPS) is 18.1.